The molecule has 1 N–H and O–H groups in total. The Hall–Kier alpha value is -1.11. The molecule has 1 aromatic carbocycles. The summed E-state index contributed by atoms with van der Waals surface area (Å²) >= 11 is 5.95. The molecule has 0 unspecified atom stereocenters. The highest BCUT2D eigenvalue weighted by Gasteiger charge is 2.28. The Morgan fingerprint density at radius 3 is 2.33 bits per heavy atom. The third-order valence-corrected chi connectivity index (χ3v) is 5.06. The zero-order valence-electron chi connectivity index (χ0n) is 12.7. The van der Waals surface area contributed by atoms with Gasteiger partial charge in [0.15, 0.2) is 0 Å². The Balaban J connectivity index is 2.99. The molecule has 0 heterocycles. The summed E-state index contributed by atoms with van der Waals surface area (Å²) in [5.74, 6) is -0.347. The van der Waals surface area contributed by atoms with Crippen LogP contribution in [0.5, 0.6) is 0 Å². The normalized spacial score (nSPS) is 12.5. The first-order valence-electron chi connectivity index (χ1n) is 6.63. The number of carbonyl (C=O) groups excluding carboxylic acids is 1. The number of hydrogen-bond acceptors (Lipinski definition) is 3. The number of carbonyl (C=O) groups is 1. The molecule has 0 aliphatic rings. The fraction of sp³-hybridized carbons (Fsp3) is 0.500. The van der Waals surface area contributed by atoms with Crippen molar-refractivity contribution in [3.63, 3.8) is 0 Å². The fourth-order valence-electron chi connectivity index (χ4n) is 1.78. The summed E-state index contributed by atoms with van der Waals surface area (Å²) in [5, 5.41) is 2.89. The number of sulfonamides is 1. The van der Waals surface area contributed by atoms with E-state index < -0.39 is 15.6 Å². The van der Waals surface area contributed by atoms with Gasteiger partial charge in [-0.25, -0.2) is 8.42 Å². The largest absolute Gasteiger partial charge is 0.350 e. The van der Waals surface area contributed by atoms with E-state index in [1.54, 1.807) is 19.1 Å². The molecule has 0 aliphatic heterocycles. The van der Waals surface area contributed by atoms with E-state index in [1.165, 1.54) is 12.1 Å². The van der Waals surface area contributed by atoms with Gasteiger partial charge in [0.2, 0.25) is 15.9 Å². The van der Waals surface area contributed by atoms with Crippen molar-refractivity contribution in [1.82, 2.24) is 9.62 Å². The standard InChI is InChI=1S/C14H21ClN2O3S/c1-5-17(10-13(18)16-14(2,3)4)21(19,20)12-9-7-6-8-11(12)15/h6-9H,5,10H2,1-4H3,(H,16,18). The van der Waals surface area contributed by atoms with Crippen molar-refractivity contribution in [2.24, 2.45) is 0 Å². The molecule has 1 rings (SSSR count). The molecule has 0 saturated carbocycles. The quantitative estimate of drug-likeness (QED) is 0.899. The van der Waals surface area contributed by atoms with Crippen LogP contribution in [0.4, 0.5) is 0 Å². The molecule has 7 heteroatoms. The number of rotatable bonds is 5. The van der Waals surface area contributed by atoms with Gasteiger partial charge in [-0.05, 0) is 32.9 Å². The Kier molecular flexibility index (Phi) is 5.78. The summed E-state index contributed by atoms with van der Waals surface area (Å²) in [4.78, 5) is 12.0. The number of hydrogen-bond donors (Lipinski definition) is 1. The lowest BCUT2D eigenvalue weighted by molar-refractivity contribution is -0.122. The average Bonchev–Trinajstić information content (AvgIpc) is 2.33. The minimum atomic E-state index is -3.79. The topological polar surface area (TPSA) is 66.5 Å². The maximum atomic E-state index is 12.5. The van der Waals surface area contributed by atoms with Crippen LogP contribution >= 0.6 is 11.6 Å². The van der Waals surface area contributed by atoms with Crippen LogP contribution in [0, 0.1) is 0 Å². The van der Waals surface area contributed by atoms with E-state index in [0.29, 0.717) is 0 Å². The van der Waals surface area contributed by atoms with Gasteiger partial charge in [0.05, 0.1) is 11.6 Å². The lowest BCUT2D eigenvalue weighted by Gasteiger charge is -2.24. The SMILES string of the molecule is CCN(CC(=O)NC(C)(C)C)S(=O)(=O)c1ccccc1Cl. The van der Waals surface area contributed by atoms with E-state index in [4.69, 9.17) is 11.6 Å². The van der Waals surface area contributed by atoms with Gasteiger partial charge in [0, 0.05) is 12.1 Å². The number of nitrogens with zero attached hydrogens (tertiary/aromatic N) is 1. The number of amides is 1. The van der Waals surface area contributed by atoms with Gasteiger partial charge in [-0.2, -0.15) is 4.31 Å². The highest BCUT2D eigenvalue weighted by Crippen LogP contribution is 2.23. The predicted molar refractivity (Wildman–Crippen MR) is 83.8 cm³/mol. The molecule has 0 atom stereocenters. The van der Waals surface area contributed by atoms with Crippen molar-refractivity contribution in [3.8, 4) is 0 Å². The minimum Gasteiger partial charge on any atom is -0.350 e. The number of halogens is 1. The van der Waals surface area contributed by atoms with Crippen LogP contribution in [0.2, 0.25) is 5.02 Å². The third-order valence-electron chi connectivity index (χ3n) is 2.64. The van der Waals surface area contributed by atoms with Gasteiger partial charge in [0.1, 0.15) is 4.90 Å². The molecule has 0 fully saturated rings. The van der Waals surface area contributed by atoms with E-state index in [1.807, 2.05) is 20.8 Å². The molecule has 0 bridgehead atoms. The van der Waals surface area contributed by atoms with E-state index >= 15 is 0 Å². The van der Waals surface area contributed by atoms with Crippen molar-refractivity contribution in [3.05, 3.63) is 29.3 Å². The van der Waals surface area contributed by atoms with Crippen molar-refractivity contribution >= 4 is 27.5 Å². The number of benzene rings is 1. The highest BCUT2D eigenvalue weighted by atomic mass is 35.5. The van der Waals surface area contributed by atoms with Gasteiger partial charge in [-0.3, -0.25) is 4.79 Å². The molecule has 0 saturated heterocycles. The van der Waals surface area contributed by atoms with E-state index in [0.717, 1.165) is 4.31 Å². The Labute approximate surface area is 131 Å². The smallest absolute Gasteiger partial charge is 0.245 e. The molecule has 1 amide bonds. The summed E-state index contributed by atoms with van der Waals surface area (Å²) in [6.07, 6.45) is 0. The van der Waals surface area contributed by atoms with Crippen molar-refractivity contribution < 1.29 is 13.2 Å². The van der Waals surface area contributed by atoms with Crippen LogP contribution in [0.3, 0.4) is 0 Å². The number of nitrogens with one attached hydrogen (secondary N) is 1. The lowest BCUT2D eigenvalue weighted by atomic mass is 10.1. The van der Waals surface area contributed by atoms with Crippen LogP contribution in [-0.4, -0.2) is 37.3 Å². The van der Waals surface area contributed by atoms with Gasteiger partial charge >= 0.3 is 0 Å². The monoisotopic (exact) mass is 332 g/mol. The summed E-state index contributed by atoms with van der Waals surface area (Å²) in [7, 11) is -3.79. The Bertz CT molecular complexity index is 609. The van der Waals surface area contributed by atoms with Crippen LogP contribution < -0.4 is 5.32 Å². The van der Waals surface area contributed by atoms with Gasteiger partial charge in [0.25, 0.3) is 0 Å². The molecule has 0 radical (unpaired) electrons. The van der Waals surface area contributed by atoms with E-state index in [9.17, 15) is 13.2 Å². The molecular weight excluding hydrogens is 312 g/mol. The van der Waals surface area contributed by atoms with Crippen molar-refractivity contribution in [2.45, 2.75) is 38.1 Å². The second-order valence-electron chi connectivity index (χ2n) is 5.66. The van der Waals surface area contributed by atoms with Crippen LogP contribution in [0.15, 0.2) is 29.2 Å². The maximum absolute atomic E-state index is 12.5. The predicted octanol–water partition coefficient (Wildman–Crippen LogP) is 2.27. The Morgan fingerprint density at radius 2 is 1.86 bits per heavy atom. The van der Waals surface area contributed by atoms with Crippen molar-refractivity contribution in [1.29, 1.82) is 0 Å². The summed E-state index contributed by atoms with van der Waals surface area (Å²) in [5.41, 5.74) is -0.412. The molecule has 118 valence electrons. The second-order valence-corrected chi connectivity index (χ2v) is 7.97. The summed E-state index contributed by atoms with van der Waals surface area (Å²) in [6, 6.07) is 6.20. The lowest BCUT2D eigenvalue weighted by Crippen LogP contribution is -2.47. The van der Waals surface area contributed by atoms with Crippen LogP contribution in [0.25, 0.3) is 0 Å². The first-order valence-corrected chi connectivity index (χ1v) is 8.45. The summed E-state index contributed by atoms with van der Waals surface area (Å²) in [6.45, 7) is 7.14. The third kappa shape index (κ3) is 4.98. The first-order chi connectivity index (χ1) is 9.58. The second kappa shape index (κ2) is 6.77. The molecule has 0 aromatic heterocycles. The number of likely N-dealkylation sites (N-methyl/N-ethyl adjacent to an activating group) is 1. The van der Waals surface area contributed by atoms with E-state index in [2.05, 4.69) is 5.32 Å². The van der Waals surface area contributed by atoms with Gasteiger partial charge in [-0.1, -0.05) is 30.7 Å². The molecular formula is C14H21ClN2O3S. The van der Waals surface area contributed by atoms with E-state index in [-0.39, 0.29) is 28.9 Å². The highest BCUT2D eigenvalue weighted by molar-refractivity contribution is 7.89. The maximum Gasteiger partial charge on any atom is 0.245 e. The molecule has 0 spiro atoms. The average molecular weight is 333 g/mol. The van der Waals surface area contributed by atoms with Gasteiger partial charge in [-0.15, -0.1) is 0 Å². The zero-order chi connectivity index (χ0) is 16.3. The zero-order valence-corrected chi connectivity index (χ0v) is 14.3. The van der Waals surface area contributed by atoms with Gasteiger partial charge < -0.3 is 5.32 Å². The Morgan fingerprint density at radius 1 is 1.29 bits per heavy atom. The first kappa shape index (κ1) is 17.9. The van der Waals surface area contributed by atoms with Crippen LogP contribution in [-0.2, 0) is 14.8 Å². The van der Waals surface area contributed by atoms with Crippen LogP contribution in [0.1, 0.15) is 27.7 Å². The molecule has 21 heavy (non-hydrogen) atoms. The molecule has 0 aliphatic carbocycles. The van der Waals surface area contributed by atoms with Crippen molar-refractivity contribution in [2.75, 3.05) is 13.1 Å². The summed E-state index contributed by atoms with van der Waals surface area (Å²) < 4.78 is 26.2. The molecule has 5 nitrogen and oxygen atoms in total. The molecule has 1 aromatic rings. The fourth-order valence-corrected chi connectivity index (χ4v) is 3.68. The minimum absolute atomic E-state index is 0.0112.